The Hall–Kier alpha value is 0.0400. The van der Waals surface area contributed by atoms with E-state index in [1.807, 2.05) is 0 Å². The predicted octanol–water partition coefficient (Wildman–Crippen LogP) is 3.15. The Labute approximate surface area is 90.8 Å². The quantitative estimate of drug-likeness (QED) is 0.604. The fourth-order valence-corrected chi connectivity index (χ4v) is 1.84. The summed E-state index contributed by atoms with van der Waals surface area (Å²) in [5, 5.41) is 0.514. The zero-order chi connectivity index (χ0) is 10.1. The highest BCUT2D eigenvalue weighted by Gasteiger charge is 2.21. The summed E-state index contributed by atoms with van der Waals surface area (Å²) in [6.45, 7) is 0. The summed E-state index contributed by atoms with van der Waals surface area (Å²) >= 11 is 11.2. The molecule has 0 saturated carbocycles. The van der Waals surface area contributed by atoms with Crippen LogP contribution in [0.25, 0.3) is 0 Å². The van der Waals surface area contributed by atoms with Crippen LogP contribution in [0.1, 0.15) is 10.3 Å². The van der Waals surface area contributed by atoms with Crippen LogP contribution < -0.4 is 0 Å². The molecular formula is C7H5Cl3O2S. The van der Waals surface area contributed by atoms with Crippen molar-refractivity contribution in [2.75, 3.05) is 0 Å². The number of alkyl halides is 1. The van der Waals surface area contributed by atoms with Gasteiger partial charge >= 0.3 is 0 Å². The normalized spacial score (nSPS) is 14.1. The molecule has 0 fully saturated rings. The molecule has 1 rings (SSSR count). The van der Waals surface area contributed by atoms with Gasteiger partial charge in [0, 0.05) is 15.7 Å². The van der Waals surface area contributed by atoms with E-state index in [4.69, 9.17) is 33.9 Å². The van der Waals surface area contributed by atoms with Crippen molar-refractivity contribution in [3.05, 3.63) is 34.9 Å². The van der Waals surface area contributed by atoms with Crippen molar-refractivity contribution in [2.45, 2.75) is 4.71 Å². The van der Waals surface area contributed by atoms with Crippen LogP contribution in [-0.2, 0) is 9.05 Å². The largest absolute Gasteiger partial charge is 0.253 e. The number of benzene rings is 1. The maximum absolute atomic E-state index is 10.8. The molecule has 0 amide bonds. The van der Waals surface area contributed by atoms with Crippen molar-refractivity contribution >= 4 is 42.9 Å². The minimum atomic E-state index is -3.77. The van der Waals surface area contributed by atoms with Crippen LogP contribution in [0.4, 0.5) is 0 Å². The molecule has 1 aromatic carbocycles. The third kappa shape index (κ3) is 3.02. The second kappa shape index (κ2) is 4.05. The Morgan fingerprint density at radius 3 is 2.00 bits per heavy atom. The lowest BCUT2D eigenvalue weighted by molar-refractivity contribution is 0.607. The lowest BCUT2D eigenvalue weighted by Crippen LogP contribution is -1.99. The van der Waals surface area contributed by atoms with Gasteiger partial charge in [-0.1, -0.05) is 35.3 Å². The molecule has 0 aromatic heterocycles. The molecule has 1 atom stereocenters. The number of rotatable bonds is 2. The molecule has 0 saturated heterocycles. The predicted molar refractivity (Wildman–Crippen MR) is 54.8 cm³/mol. The second-order valence-electron chi connectivity index (χ2n) is 2.34. The zero-order valence-corrected chi connectivity index (χ0v) is 9.33. The standard InChI is InChI=1S/C7H5Cl3O2S/c8-6-3-1-5(2-4-6)7(9)13(10,11)12/h1-4,7H. The topological polar surface area (TPSA) is 34.1 Å². The van der Waals surface area contributed by atoms with E-state index in [9.17, 15) is 8.42 Å². The molecule has 0 aliphatic rings. The van der Waals surface area contributed by atoms with Gasteiger partial charge in [-0.2, -0.15) is 0 Å². The van der Waals surface area contributed by atoms with Crippen molar-refractivity contribution < 1.29 is 8.42 Å². The average Bonchev–Trinajstić information content (AvgIpc) is 2.03. The van der Waals surface area contributed by atoms with Crippen molar-refractivity contribution in [3.63, 3.8) is 0 Å². The molecule has 0 N–H and O–H groups in total. The molecule has 0 spiro atoms. The minimum absolute atomic E-state index is 0.404. The summed E-state index contributed by atoms with van der Waals surface area (Å²) in [5.74, 6) is 0. The molecule has 0 aliphatic heterocycles. The monoisotopic (exact) mass is 258 g/mol. The molecule has 13 heavy (non-hydrogen) atoms. The van der Waals surface area contributed by atoms with Crippen LogP contribution in [0, 0.1) is 0 Å². The molecule has 6 heteroatoms. The molecule has 0 heterocycles. The fraction of sp³-hybridized carbons (Fsp3) is 0.143. The lowest BCUT2D eigenvalue weighted by atomic mass is 10.2. The Morgan fingerprint density at radius 1 is 1.15 bits per heavy atom. The molecule has 0 radical (unpaired) electrons. The van der Waals surface area contributed by atoms with E-state index in [1.165, 1.54) is 12.1 Å². The molecule has 1 unspecified atom stereocenters. The average molecular weight is 260 g/mol. The first-order chi connectivity index (χ1) is 5.91. The van der Waals surface area contributed by atoms with E-state index < -0.39 is 13.8 Å². The summed E-state index contributed by atoms with van der Waals surface area (Å²) in [4.78, 5) is 0. The zero-order valence-electron chi connectivity index (χ0n) is 6.25. The van der Waals surface area contributed by atoms with Crippen LogP contribution in [-0.4, -0.2) is 8.42 Å². The van der Waals surface area contributed by atoms with Gasteiger partial charge < -0.3 is 0 Å². The SMILES string of the molecule is O=S(=O)(Cl)C(Cl)c1ccc(Cl)cc1. The van der Waals surface area contributed by atoms with E-state index in [0.717, 1.165) is 0 Å². The summed E-state index contributed by atoms with van der Waals surface area (Å²) in [7, 11) is 1.29. The van der Waals surface area contributed by atoms with E-state index in [1.54, 1.807) is 12.1 Å². The highest BCUT2D eigenvalue weighted by Crippen LogP contribution is 2.30. The van der Waals surface area contributed by atoms with Gasteiger partial charge in [-0.05, 0) is 17.7 Å². The first-order valence-electron chi connectivity index (χ1n) is 3.24. The second-order valence-corrected chi connectivity index (χ2v) is 6.19. The Morgan fingerprint density at radius 2 is 1.62 bits per heavy atom. The first kappa shape index (κ1) is 11.1. The molecular weight excluding hydrogens is 255 g/mol. The van der Waals surface area contributed by atoms with Crippen LogP contribution in [0.15, 0.2) is 24.3 Å². The molecule has 72 valence electrons. The third-order valence-corrected chi connectivity index (χ3v) is 4.16. The lowest BCUT2D eigenvalue weighted by Gasteiger charge is -2.04. The number of hydrogen-bond acceptors (Lipinski definition) is 2. The molecule has 1 aromatic rings. The summed E-state index contributed by atoms with van der Waals surface area (Å²) in [6.07, 6.45) is 0. The number of hydrogen-bond donors (Lipinski definition) is 0. The smallest absolute Gasteiger partial charge is 0.210 e. The maximum Gasteiger partial charge on any atom is 0.253 e. The fourth-order valence-electron chi connectivity index (χ4n) is 0.777. The molecule has 0 bridgehead atoms. The molecule has 2 nitrogen and oxygen atoms in total. The van der Waals surface area contributed by atoms with Gasteiger partial charge in [0.2, 0.25) is 0 Å². The van der Waals surface area contributed by atoms with E-state index in [2.05, 4.69) is 0 Å². The first-order valence-corrected chi connectivity index (χ1v) is 6.43. The van der Waals surface area contributed by atoms with Gasteiger partial charge in [-0.15, -0.1) is 0 Å². The Bertz CT molecular complexity index is 385. The van der Waals surface area contributed by atoms with Crippen molar-refractivity contribution in [2.24, 2.45) is 0 Å². The van der Waals surface area contributed by atoms with Crippen LogP contribution in [0.2, 0.25) is 5.02 Å². The van der Waals surface area contributed by atoms with Crippen molar-refractivity contribution in [1.82, 2.24) is 0 Å². The van der Waals surface area contributed by atoms with Crippen LogP contribution >= 0.6 is 33.9 Å². The Balaban J connectivity index is 3.04. The summed E-state index contributed by atoms with van der Waals surface area (Å²) in [6, 6.07) is 6.13. The summed E-state index contributed by atoms with van der Waals surface area (Å²) in [5.41, 5.74) is 0.404. The van der Waals surface area contributed by atoms with Crippen LogP contribution in [0.5, 0.6) is 0 Å². The van der Waals surface area contributed by atoms with Crippen LogP contribution in [0.3, 0.4) is 0 Å². The minimum Gasteiger partial charge on any atom is -0.210 e. The maximum atomic E-state index is 10.8. The van der Waals surface area contributed by atoms with E-state index in [-0.39, 0.29) is 0 Å². The highest BCUT2D eigenvalue weighted by molar-refractivity contribution is 8.14. The van der Waals surface area contributed by atoms with Gasteiger partial charge in [0.15, 0.2) is 4.71 Å². The van der Waals surface area contributed by atoms with E-state index in [0.29, 0.717) is 10.6 Å². The van der Waals surface area contributed by atoms with E-state index >= 15 is 0 Å². The van der Waals surface area contributed by atoms with Gasteiger partial charge in [0.25, 0.3) is 9.05 Å². The van der Waals surface area contributed by atoms with Gasteiger partial charge in [-0.25, -0.2) is 8.42 Å². The van der Waals surface area contributed by atoms with Gasteiger partial charge in [0.05, 0.1) is 0 Å². The third-order valence-electron chi connectivity index (χ3n) is 1.38. The number of halogens is 3. The van der Waals surface area contributed by atoms with Gasteiger partial charge in [-0.3, -0.25) is 0 Å². The van der Waals surface area contributed by atoms with Crippen molar-refractivity contribution in [1.29, 1.82) is 0 Å². The summed E-state index contributed by atoms with van der Waals surface area (Å²) < 4.78 is 20.4. The van der Waals surface area contributed by atoms with Crippen molar-refractivity contribution in [3.8, 4) is 0 Å². The highest BCUT2D eigenvalue weighted by atomic mass is 35.7. The molecule has 0 aliphatic carbocycles. The Kier molecular flexibility index (Phi) is 3.46. The van der Waals surface area contributed by atoms with Gasteiger partial charge in [0.1, 0.15) is 0 Å².